The summed E-state index contributed by atoms with van der Waals surface area (Å²) in [5.74, 6) is 1.63. The minimum atomic E-state index is 0.0233. The van der Waals surface area contributed by atoms with Crippen molar-refractivity contribution in [3.05, 3.63) is 53.9 Å². The Morgan fingerprint density at radius 2 is 2.03 bits per heavy atom. The molecular formula is C23H29N3O3. The Balaban J connectivity index is 1.54. The number of nitrogens with zero attached hydrogens (tertiary/aromatic N) is 3. The number of amides is 1. The van der Waals surface area contributed by atoms with Gasteiger partial charge in [-0.3, -0.25) is 14.7 Å². The molecule has 1 aromatic heterocycles. The van der Waals surface area contributed by atoms with Gasteiger partial charge < -0.3 is 14.4 Å². The summed E-state index contributed by atoms with van der Waals surface area (Å²) in [6.45, 7) is 3.51. The Kier molecular flexibility index (Phi) is 6.00. The largest absolute Gasteiger partial charge is 0.493 e. The van der Waals surface area contributed by atoms with Crippen molar-refractivity contribution < 1.29 is 14.3 Å². The smallest absolute Gasteiger partial charge is 0.257 e. The quantitative estimate of drug-likeness (QED) is 0.778. The first-order valence-electron chi connectivity index (χ1n) is 10.3. The van der Waals surface area contributed by atoms with E-state index in [9.17, 15) is 4.79 Å². The fraction of sp³-hybridized carbons (Fsp3) is 0.478. The van der Waals surface area contributed by atoms with Crippen molar-refractivity contribution in [1.29, 1.82) is 0 Å². The molecule has 3 heterocycles. The van der Waals surface area contributed by atoms with Gasteiger partial charge in [0.15, 0.2) is 11.5 Å². The lowest BCUT2D eigenvalue weighted by molar-refractivity contribution is 0.0769. The molecule has 4 rings (SSSR count). The van der Waals surface area contributed by atoms with Gasteiger partial charge in [0, 0.05) is 38.1 Å². The molecule has 2 saturated heterocycles. The summed E-state index contributed by atoms with van der Waals surface area (Å²) in [5, 5.41) is 0. The minimum absolute atomic E-state index is 0.0233. The monoisotopic (exact) mass is 395 g/mol. The number of methoxy groups -OCH3 is 2. The zero-order valence-corrected chi connectivity index (χ0v) is 17.2. The lowest BCUT2D eigenvalue weighted by atomic mass is 9.98. The molecule has 2 atom stereocenters. The van der Waals surface area contributed by atoms with Gasteiger partial charge in [-0.2, -0.15) is 0 Å². The second-order valence-electron chi connectivity index (χ2n) is 7.91. The Labute approximate surface area is 172 Å². The fourth-order valence-electron chi connectivity index (χ4n) is 4.75. The van der Waals surface area contributed by atoms with Crippen LogP contribution in [0.5, 0.6) is 11.5 Å². The SMILES string of the molecule is COc1cccc(C(=O)N2C[C@@H]3CCCCN(Cc4cccnc4)[C@@H]3C2)c1OC. The van der Waals surface area contributed by atoms with Gasteiger partial charge in [0.1, 0.15) is 0 Å². The molecule has 2 aliphatic heterocycles. The van der Waals surface area contributed by atoms with Crippen LogP contribution in [0.1, 0.15) is 35.2 Å². The van der Waals surface area contributed by atoms with E-state index < -0.39 is 0 Å². The normalized spacial score (nSPS) is 22.1. The first kappa shape index (κ1) is 19.7. The number of rotatable bonds is 5. The van der Waals surface area contributed by atoms with Gasteiger partial charge in [-0.1, -0.05) is 18.6 Å². The van der Waals surface area contributed by atoms with E-state index in [4.69, 9.17) is 9.47 Å². The van der Waals surface area contributed by atoms with Crippen molar-refractivity contribution in [2.24, 2.45) is 5.92 Å². The third-order valence-electron chi connectivity index (χ3n) is 6.17. The molecular weight excluding hydrogens is 366 g/mol. The summed E-state index contributed by atoms with van der Waals surface area (Å²) >= 11 is 0. The number of hydrogen-bond donors (Lipinski definition) is 0. The first-order chi connectivity index (χ1) is 14.2. The van der Waals surface area contributed by atoms with Gasteiger partial charge in [0.05, 0.1) is 19.8 Å². The van der Waals surface area contributed by atoms with Gasteiger partial charge in [-0.05, 0) is 49.1 Å². The number of aromatic nitrogens is 1. The van der Waals surface area contributed by atoms with Crippen LogP contribution in [0.3, 0.4) is 0 Å². The molecule has 0 spiro atoms. The van der Waals surface area contributed by atoms with Crippen LogP contribution < -0.4 is 9.47 Å². The van der Waals surface area contributed by atoms with Gasteiger partial charge in [0.25, 0.3) is 5.91 Å². The molecule has 1 amide bonds. The molecule has 1 aromatic carbocycles. The summed E-state index contributed by atoms with van der Waals surface area (Å²) in [6.07, 6.45) is 7.36. The lowest BCUT2D eigenvalue weighted by Gasteiger charge is -2.30. The van der Waals surface area contributed by atoms with E-state index in [0.717, 1.165) is 26.2 Å². The van der Waals surface area contributed by atoms with E-state index in [1.807, 2.05) is 41.6 Å². The molecule has 0 aliphatic carbocycles. The van der Waals surface area contributed by atoms with Crippen molar-refractivity contribution in [1.82, 2.24) is 14.8 Å². The second kappa shape index (κ2) is 8.82. The average molecular weight is 396 g/mol. The van der Waals surface area contributed by atoms with Gasteiger partial charge in [-0.25, -0.2) is 0 Å². The number of para-hydroxylation sites is 1. The molecule has 0 radical (unpaired) electrons. The van der Waals surface area contributed by atoms with Crippen LogP contribution in [0.15, 0.2) is 42.7 Å². The van der Waals surface area contributed by atoms with Crippen LogP contribution in [0.4, 0.5) is 0 Å². The molecule has 6 nitrogen and oxygen atoms in total. The molecule has 29 heavy (non-hydrogen) atoms. The van der Waals surface area contributed by atoms with Crippen molar-refractivity contribution >= 4 is 5.91 Å². The molecule has 154 valence electrons. The number of carbonyl (C=O) groups excluding carboxylic acids is 1. The van der Waals surface area contributed by atoms with Crippen LogP contribution in [0, 0.1) is 5.92 Å². The highest BCUT2D eigenvalue weighted by atomic mass is 16.5. The third kappa shape index (κ3) is 4.08. The zero-order valence-electron chi connectivity index (χ0n) is 17.2. The van der Waals surface area contributed by atoms with Crippen LogP contribution in [0.2, 0.25) is 0 Å². The predicted molar refractivity (Wildman–Crippen MR) is 111 cm³/mol. The summed E-state index contributed by atoms with van der Waals surface area (Å²) in [4.78, 5) is 22.2. The summed E-state index contributed by atoms with van der Waals surface area (Å²) in [6, 6.07) is 10.00. The highest BCUT2D eigenvalue weighted by molar-refractivity contribution is 5.98. The van der Waals surface area contributed by atoms with Crippen LogP contribution >= 0.6 is 0 Å². The highest BCUT2D eigenvalue weighted by Gasteiger charge is 2.40. The van der Waals surface area contributed by atoms with Gasteiger partial charge in [-0.15, -0.1) is 0 Å². The van der Waals surface area contributed by atoms with Crippen LogP contribution in [0.25, 0.3) is 0 Å². The van der Waals surface area contributed by atoms with E-state index in [1.54, 1.807) is 14.2 Å². The maximum Gasteiger partial charge on any atom is 0.257 e. The standard InChI is InChI=1S/C23H29N3O3/c1-28-21-10-5-9-19(22(21)29-2)23(27)26-15-18-8-3-4-12-25(20(18)16-26)14-17-7-6-11-24-13-17/h5-7,9-11,13,18,20H,3-4,8,12,14-16H2,1-2H3/t18-,20+/m0/s1. The summed E-state index contributed by atoms with van der Waals surface area (Å²) in [7, 11) is 3.18. The number of benzene rings is 1. The van der Waals surface area contributed by atoms with Gasteiger partial charge >= 0.3 is 0 Å². The molecule has 0 N–H and O–H groups in total. The van der Waals surface area contributed by atoms with Gasteiger partial charge in [0.2, 0.25) is 0 Å². The fourth-order valence-corrected chi connectivity index (χ4v) is 4.75. The molecule has 2 aliphatic rings. The number of carbonyl (C=O) groups is 1. The number of hydrogen-bond acceptors (Lipinski definition) is 5. The Morgan fingerprint density at radius 1 is 1.14 bits per heavy atom. The van der Waals surface area contributed by atoms with Crippen molar-refractivity contribution in [2.75, 3.05) is 33.9 Å². The Bertz CT molecular complexity index is 843. The van der Waals surface area contributed by atoms with E-state index >= 15 is 0 Å². The summed E-state index contributed by atoms with van der Waals surface area (Å²) in [5.41, 5.74) is 1.80. The molecule has 0 saturated carbocycles. The molecule has 2 fully saturated rings. The van der Waals surface area contributed by atoms with Crippen molar-refractivity contribution in [2.45, 2.75) is 31.8 Å². The minimum Gasteiger partial charge on any atom is -0.493 e. The number of fused-ring (bicyclic) bond motifs is 1. The van der Waals surface area contributed by atoms with Crippen molar-refractivity contribution in [3.8, 4) is 11.5 Å². The Morgan fingerprint density at radius 3 is 2.79 bits per heavy atom. The zero-order chi connectivity index (χ0) is 20.2. The average Bonchev–Trinajstić information content (AvgIpc) is 3.11. The third-order valence-corrected chi connectivity index (χ3v) is 6.17. The number of likely N-dealkylation sites (tertiary alicyclic amines) is 2. The number of ether oxygens (including phenoxy) is 2. The maximum absolute atomic E-state index is 13.4. The highest BCUT2D eigenvalue weighted by Crippen LogP contribution is 2.35. The maximum atomic E-state index is 13.4. The molecule has 2 aromatic rings. The predicted octanol–water partition coefficient (Wildman–Crippen LogP) is 3.23. The van der Waals surface area contributed by atoms with E-state index in [2.05, 4.69) is 16.0 Å². The lowest BCUT2D eigenvalue weighted by Crippen LogP contribution is -2.40. The first-order valence-corrected chi connectivity index (χ1v) is 10.3. The molecule has 0 unspecified atom stereocenters. The number of pyridine rings is 1. The van der Waals surface area contributed by atoms with Crippen molar-refractivity contribution in [3.63, 3.8) is 0 Å². The second-order valence-corrected chi connectivity index (χ2v) is 7.91. The van der Waals surface area contributed by atoms with E-state index in [1.165, 1.54) is 24.8 Å². The summed E-state index contributed by atoms with van der Waals surface area (Å²) < 4.78 is 10.9. The van der Waals surface area contributed by atoms with Crippen LogP contribution in [-0.2, 0) is 6.54 Å². The van der Waals surface area contributed by atoms with Crippen LogP contribution in [-0.4, -0.2) is 60.6 Å². The van der Waals surface area contributed by atoms with E-state index in [-0.39, 0.29) is 5.91 Å². The Hall–Kier alpha value is -2.60. The van der Waals surface area contributed by atoms with E-state index in [0.29, 0.717) is 29.0 Å². The molecule has 0 bridgehead atoms. The topological polar surface area (TPSA) is 54.9 Å². The molecule has 6 heteroatoms.